The summed E-state index contributed by atoms with van der Waals surface area (Å²) in [4.78, 5) is 22.6. The van der Waals surface area contributed by atoms with Crippen LogP contribution in [0.1, 0.15) is 20.3 Å². The van der Waals surface area contributed by atoms with Gasteiger partial charge in [0.2, 0.25) is 5.91 Å². The second-order valence-corrected chi connectivity index (χ2v) is 4.78. The highest BCUT2D eigenvalue weighted by molar-refractivity contribution is 5.95. The van der Waals surface area contributed by atoms with Gasteiger partial charge in [0.15, 0.2) is 6.61 Å². The fourth-order valence-corrected chi connectivity index (χ4v) is 1.49. The molecule has 0 spiro atoms. The number of carbonyl (C=O) groups excluding carboxylic acids is 1. The highest BCUT2D eigenvalue weighted by Crippen LogP contribution is 2.23. The first-order chi connectivity index (χ1) is 9.41. The van der Waals surface area contributed by atoms with Gasteiger partial charge in [0.25, 0.3) is 0 Å². The zero-order chi connectivity index (χ0) is 15.2. The standard InChI is InChI=1S/C14H20N2O4/c1-3-14(2,9-15)13(19)16-10-5-4-6-11(7-10)20-8-12(17)18/h4-7H,3,8-9,15H2,1-2H3,(H,16,19)(H,17,18). The van der Waals surface area contributed by atoms with Crippen molar-refractivity contribution in [3.05, 3.63) is 24.3 Å². The Bertz CT molecular complexity index is 484. The number of amides is 1. The quantitative estimate of drug-likeness (QED) is 0.702. The van der Waals surface area contributed by atoms with Crippen molar-refractivity contribution in [1.29, 1.82) is 0 Å². The van der Waals surface area contributed by atoms with Gasteiger partial charge in [-0.05, 0) is 25.5 Å². The number of carboxylic acid groups (broad SMARTS) is 1. The van der Waals surface area contributed by atoms with Gasteiger partial charge in [0, 0.05) is 18.3 Å². The number of nitrogens with two attached hydrogens (primary N) is 1. The van der Waals surface area contributed by atoms with Gasteiger partial charge in [0.05, 0.1) is 5.41 Å². The molecule has 1 amide bonds. The molecule has 0 aliphatic heterocycles. The summed E-state index contributed by atoms with van der Waals surface area (Å²) in [5.74, 6) is -0.838. The van der Waals surface area contributed by atoms with E-state index in [4.69, 9.17) is 15.6 Å². The molecule has 20 heavy (non-hydrogen) atoms. The number of hydrogen-bond donors (Lipinski definition) is 3. The summed E-state index contributed by atoms with van der Waals surface area (Å²) >= 11 is 0. The van der Waals surface area contributed by atoms with Crippen molar-refractivity contribution < 1.29 is 19.4 Å². The second kappa shape index (κ2) is 6.91. The minimum atomic E-state index is -1.05. The zero-order valence-electron chi connectivity index (χ0n) is 11.7. The number of hydrogen-bond acceptors (Lipinski definition) is 4. The van der Waals surface area contributed by atoms with E-state index in [1.165, 1.54) is 0 Å². The van der Waals surface area contributed by atoms with Crippen molar-refractivity contribution in [1.82, 2.24) is 0 Å². The van der Waals surface area contributed by atoms with Crippen LogP contribution in [-0.2, 0) is 9.59 Å². The topological polar surface area (TPSA) is 102 Å². The van der Waals surface area contributed by atoms with Crippen LogP contribution in [0.15, 0.2) is 24.3 Å². The molecule has 0 aliphatic carbocycles. The fraction of sp³-hybridized carbons (Fsp3) is 0.429. The number of aliphatic carboxylic acids is 1. The molecule has 1 aromatic carbocycles. The Morgan fingerprint density at radius 3 is 2.70 bits per heavy atom. The maximum absolute atomic E-state index is 12.1. The number of carbonyl (C=O) groups is 2. The minimum absolute atomic E-state index is 0.169. The van der Waals surface area contributed by atoms with Gasteiger partial charge in [0.1, 0.15) is 5.75 Å². The highest BCUT2D eigenvalue weighted by atomic mass is 16.5. The average Bonchev–Trinajstić information content (AvgIpc) is 2.44. The molecule has 1 unspecified atom stereocenters. The first-order valence-electron chi connectivity index (χ1n) is 6.37. The predicted octanol–water partition coefficient (Wildman–Crippen LogP) is 1.46. The molecule has 1 aromatic rings. The van der Waals surface area contributed by atoms with Gasteiger partial charge >= 0.3 is 5.97 Å². The summed E-state index contributed by atoms with van der Waals surface area (Å²) in [5, 5.41) is 11.3. The third-order valence-electron chi connectivity index (χ3n) is 3.23. The van der Waals surface area contributed by atoms with Crippen LogP contribution in [0.4, 0.5) is 5.69 Å². The van der Waals surface area contributed by atoms with Crippen LogP contribution in [0.25, 0.3) is 0 Å². The molecule has 0 aliphatic rings. The van der Waals surface area contributed by atoms with E-state index in [-0.39, 0.29) is 12.5 Å². The fourth-order valence-electron chi connectivity index (χ4n) is 1.49. The summed E-state index contributed by atoms with van der Waals surface area (Å²) in [7, 11) is 0. The van der Waals surface area contributed by atoms with E-state index >= 15 is 0 Å². The highest BCUT2D eigenvalue weighted by Gasteiger charge is 2.29. The molecule has 6 heteroatoms. The summed E-state index contributed by atoms with van der Waals surface area (Å²) in [6.45, 7) is 3.53. The number of nitrogens with one attached hydrogen (secondary N) is 1. The summed E-state index contributed by atoms with van der Waals surface area (Å²) < 4.78 is 5.05. The largest absolute Gasteiger partial charge is 0.482 e. The monoisotopic (exact) mass is 280 g/mol. The maximum atomic E-state index is 12.1. The summed E-state index contributed by atoms with van der Waals surface area (Å²) in [6, 6.07) is 6.59. The number of ether oxygens (including phenoxy) is 1. The molecule has 0 fully saturated rings. The van der Waals surface area contributed by atoms with E-state index in [9.17, 15) is 9.59 Å². The smallest absolute Gasteiger partial charge is 0.341 e. The summed E-state index contributed by atoms with van der Waals surface area (Å²) in [5.41, 5.74) is 5.55. The van der Waals surface area contributed by atoms with Crippen LogP contribution in [-0.4, -0.2) is 30.1 Å². The number of carboxylic acids is 1. The molecule has 4 N–H and O–H groups in total. The average molecular weight is 280 g/mol. The van der Waals surface area contributed by atoms with Crippen LogP contribution in [0.2, 0.25) is 0 Å². The van der Waals surface area contributed by atoms with Crippen LogP contribution in [0.3, 0.4) is 0 Å². The molecular weight excluding hydrogens is 260 g/mol. The van der Waals surface area contributed by atoms with Gasteiger partial charge in [-0.15, -0.1) is 0 Å². The Kier molecular flexibility index (Phi) is 5.52. The van der Waals surface area contributed by atoms with Crippen LogP contribution < -0.4 is 15.8 Å². The van der Waals surface area contributed by atoms with Crippen molar-refractivity contribution in [2.24, 2.45) is 11.1 Å². The van der Waals surface area contributed by atoms with Crippen LogP contribution in [0.5, 0.6) is 5.75 Å². The van der Waals surface area contributed by atoms with Crippen molar-refractivity contribution in [3.8, 4) is 5.75 Å². The number of rotatable bonds is 7. The normalized spacial score (nSPS) is 13.3. The molecular formula is C14H20N2O4. The molecule has 0 saturated heterocycles. The van der Waals surface area contributed by atoms with E-state index < -0.39 is 18.0 Å². The molecule has 6 nitrogen and oxygen atoms in total. The Morgan fingerprint density at radius 2 is 2.15 bits per heavy atom. The molecule has 0 heterocycles. The third kappa shape index (κ3) is 4.24. The molecule has 0 aromatic heterocycles. The van der Waals surface area contributed by atoms with E-state index in [0.717, 1.165) is 0 Å². The lowest BCUT2D eigenvalue weighted by Gasteiger charge is -2.25. The molecule has 1 rings (SSSR count). The van der Waals surface area contributed by atoms with E-state index in [1.54, 1.807) is 31.2 Å². The lowest BCUT2D eigenvalue weighted by molar-refractivity contribution is -0.139. The third-order valence-corrected chi connectivity index (χ3v) is 3.23. The minimum Gasteiger partial charge on any atom is -0.482 e. The van der Waals surface area contributed by atoms with Gasteiger partial charge in [-0.2, -0.15) is 0 Å². The maximum Gasteiger partial charge on any atom is 0.341 e. The van der Waals surface area contributed by atoms with Gasteiger partial charge in [-0.3, -0.25) is 4.79 Å². The van der Waals surface area contributed by atoms with Crippen molar-refractivity contribution in [2.45, 2.75) is 20.3 Å². The first-order valence-corrected chi connectivity index (χ1v) is 6.37. The van der Waals surface area contributed by atoms with Gasteiger partial charge < -0.3 is 20.9 Å². The Labute approximate surface area is 117 Å². The zero-order valence-corrected chi connectivity index (χ0v) is 11.7. The number of benzene rings is 1. The Hall–Kier alpha value is -2.08. The SMILES string of the molecule is CCC(C)(CN)C(=O)Nc1cccc(OCC(=O)O)c1. The molecule has 0 bridgehead atoms. The van der Waals surface area contributed by atoms with Gasteiger partial charge in [-0.1, -0.05) is 13.0 Å². The lowest BCUT2D eigenvalue weighted by Crippen LogP contribution is -2.39. The van der Waals surface area contributed by atoms with Crippen LogP contribution in [0, 0.1) is 5.41 Å². The van der Waals surface area contributed by atoms with Gasteiger partial charge in [-0.25, -0.2) is 4.79 Å². The predicted molar refractivity (Wildman–Crippen MR) is 75.7 cm³/mol. The van der Waals surface area contributed by atoms with E-state index in [1.807, 2.05) is 6.92 Å². The molecule has 0 saturated carbocycles. The molecule has 0 radical (unpaired) electrons. The van der Waals surface area contributed by atoms with Crippen molar-refractivity contribution >= 4 is 17.6 Å². The number of anilines is 1. The van der Waals surface area contributed by atoms with E-state index in [0.29, 0.717) is 17.9 Å². The first kappa shape index (κ1) is 16.0. The van der Waals surface area contributed by atoms with E-state index in [2.05, 4.69) is 5.32 Å². The summed E-state index contributed by atoms with van der Waals surface area (Å²) in [6.07, 6.45) is 0.630. The Morgan fingerprint density at radius 1 is 1.45 bits per heavy atom. The van der Waals surface area contributed by atoms with Crippen molar-refractivity contribution in [2.75, 3.05) is 18.5 Å². The Balaban J connectivity index is 2.75. The lowest BCUT2D eigenvalue weighted by atomic mass is 9.86. The molecule has 110 valence electrons. The molecule has 1 atom stereocenters. The second-order valence-electron chi connectivity index (χ2n) is 4.78. The van der Waals surface area contributed by atoms with Crippen molar-refractivity contribution in [3.63, 3.8) is 0 Å². The van der Waals surface area contributed by atoms with Crippen LogP contribution >= 0.6 is 0 Å².